The average molecular weight is 488 g/mol. The van der Waals surface area contributed by atoms with Gasteiger partial charge in [0.15, 0.2) is 0 Å². The Labute approximate surface area is 207 Å². The van der Waals surface area contributed by atoms with Crippen LogP contribution < -0.4 is 10.1 Å². The summed E-state index contributed by atoms with van der Waals surface area (Å²) in [6.45, 7) is 2.37. The van der Waals surface area contributed by atoms with E-state index < -0.39 is 12.0 Å². The van der Waals surface area contributed by atoms with Gasteiger partial charge < -0.3 is 14.8 Å². The van der Waals surface area contributed by atoms with Crippen molar-refractivity contribution in [3.05, 3.63) is 112 Å². The third kappa shape index (κ3) is 5.02. The van der Waals surface area contributed by atoms with Crippen molar-refractivity contribution in [2.45, 2.75) is 26.2 Å². The largest absolute Gasteiger partial charge is 0.489 e. The Bertz CT molecular complexity index is 1370. The van der Waals surface area contributed by atoms with Gasteiger partial charge in [-0.3, -0.25) is 0 Å². The van der Waals surface area contributed by atoms with E-state index >= 15 is 0 Å². The molecule has 35 heavy (non-hydrogen) atoms. The van der Waals surface area contributed by atoms with Crippen molar-refractivity contribution in [1.29, 1.82) is 0 Å². The molecule has 0 spiro atoms. The summed E-state index contributed by atoms with van der Waals surface area (Å²) in [5.41, 5.74) is 3.77. The van der Waals surface area contributed by atoms with Gasteiger partial charge in [-0.1, -0.05) is 71.3 Å². The molecule has 0 aliphatic carbocycles. The predicted octanol–water partition coefficient (Wildman–Crippen LogP) is 4.94. The molecular formula is C26H22ClN5O3. The summed E-state index contributed by atoms with van der Waals surface area (Å²) < 4.78 is 13.1. The number of allylic oxidation sites excluding steroid dienone is 1. The van der Waals surface area contributed by atoms with Crippen molar-refractivity contribution >= 4 is 23.5 Å². The zero-order valence-electron chi connectivity index (χ0n) is 18.9. The number of aromatic nitrogens is 4. The summed E-state index contributed by atoms with van der Waals surface area (Å²) in [6, 6.07) is 24.0. The van der Waals surface area contributed by atoms with Crippen molar-refractivity contribution in [2.24, 2.45) is 0 Å². The van der Waals surface area contributed by atoms with Gasteiger partial charge in [0, 0.05) is 10.7 Å². The molecule has 0 amide bonds. The van der Waals surface area contributed by atoms with Crippen LogP contribution >= 0.6 is 11.6 Å². The molecule has 5 rings (SSSR count). The van der Waals surface area contributed by atoms with E-state index in [4.69, 9.17) is 21.1 Å². The van der Waals surface area contributed by atoms with Crippen LogP contribution in [0.1, 0.15) is 29.7 Å². The molecule has 0 fully saturated rings. The first kappa shape index (κ1) is 22.6. The third-order valence-corrected chi connectivity index (χ3v) is 5.87. The predicted molar refractivity (Wildman–Crippen MR) is 131 cm³/mol. The molecule has 9 heteroatoms. The Balaban J connectivity index is 1.37. The summed E-state index contributed by atoms with van der Waals surface area (Å²) in [5, 5.41) is 15.7. The van der Waals surface area contributed by atoms with Gasteiger partial charge >= 0.3 is 5.97 Å². The number of nitrogens with one attached hydrogen (secondary N) is 1. The molecule has 4 aromatic rings. The number of fused-ring (bicyclic) bond motifs is 1. The quantitative estimate of drug-likeness (QED) is 0.369. The van der Waals surface area contributed by atoms with E-state index in [0.717, 1.165) is 16.7 Å². The fourth-order valence-corrected chi connectivity index (χ4v) is 4.14. The van der Waals surface area contributed by atoms with Gasteiger partial charge in [0.1, 0.15) is 25.0 Å². The number of benzene rings is 3. The number of nitrogens with zero attached hydrogens (tertiary/aromatic N) is 4. The molecule has 1 N–H and O–H groups in total. The summed E-state index contributed by atoms with van der Waals surface area (Å²) in [7, 11) is 0. The van der Waals surface area contributed by atoms with Gasteiger partial charge in [-0.2, -0.15) is 4.68 Å². The molecule has 2 heterocycles. The lowest BCUT2D eigenvalue weighted by molar-refractivity contribution is -0.140. The molecule has 1 aliphatic rings. The van der Waals surface area contributed by atoms with Crippen LogP contribution in [-0.4, -0.2) is 26.2 Å². The second-order valence-corrected chi connectivity index (χ2v) is 8.50. The molecule has 0 radical (unpaired) electrons. The Hall–Kier alpha value is -4.17. The van der Waals surface area contributed by atoms with Crippen molar-refractivity contribution in [1.82, 2.24) is 20.2 Å². The molecule has 0 saturated heterocycles. The average Bonchev–Trinajstić information content (AvgIpc) is 3.34. The lowest BCUT2D eigenvalue weighted by Gasteiger charge is -2.27. The first-order valence-electron chi connectivity index (χ1n) is 11.0. The maximum Gasteiger partial charge on any atom is 0.338 e. The lowest BCUT2D eigenvalue weighted by atomic mass is 9.95. The molecular weight excluding hydrogens is 466 g/mol. The minimum absolute atomic E-state index is 0.169. The molecule has 1 atom stereocenters. The highest BCUT2D eigenvalue weighted by Gasteiger charge is 2.35. The van der Waals surface area contributed by atoms with Crippen LogP contribution in [-0.2, 0) is 22.7 Å². The summed E-state index contributed by atoms with van der Waals surface area (Å²) in [5.74, 6) is 0.702. The Morgan fingerprint density at radius 3 is 2.54 bits per heavy atom. The minimum Gasteiger partial charge on any atom is -0.489 e. The van der Waals surface area contributed by atoms with Gasteiger partial charge in [-0.15, -0.1) is 0 Å². The number of halogens is 1. The van der Waals surface area contributed by atoms with Crippen LogP contribution in [0, 0.1) is 0 Å². The number of esters is 1. The SMILES string of the molecule is CC1=C(C(=O)OCc2ccccc2)C(c2ccc(OCc3cccc(Cl)c3)cc2)n2nnnc2N1. The molecule has 3 aromatic carbocycles. The Morgan fingerprint density at radius 2 is 1.77 bits per heavy atom. The summed E-state index contributed by atoms with van der Waals surface area (Å²) >= 11 is 6.05. The Kier molecular flexibility index (Phi) is 6.45. The number of ether oxygens (including phenoxy) is 2. The van der Waals surface area contributed by atoms with E-state index in [-0.39, 0.29) is 6.61 Å². The van der Waals surface area contributed by atoms with Gasteiger partial charge in [0.25, 0.3) is 0 Å². The third-order valence-electron chi connectivity index (χ3n) is 5.64. The van der Waals surface area contributed by atoms with E-state index in [1.165, 1.54) is 0 Å². The topological polar surface area (TPSA) is 91.2 Å². The van der Waals surface area contributed by atoms with E-state index in [0.29, 0.717) is 34.6 Å². The van der Waals surface area contributed by atoms with Crippen LogP contribution in [0.3, 0.4) is 0 Å². The second-order valence-electron chi connectivity index (χ2n) is 8.06. The standard InChI is InChI=1S/C26H22ClN5O3/c1-17-23(25(33)35-15-18-6-3-2-4-7-18)24(32-26(28-17)29-30-31-32)20-10-12-22(13-11-20)34-16-19-8-5-9-21(27)14-19/h2-14,24H,15-16H2,1H3,(H,28,29,31). The first-order valence-corrected chi connectivity index (χ1v) is 11.4. The fraction of sp³-hybridized carbons (Fsp3) is 0.154. The summed E-state index contributed by atoms with van der Waals surface area (Å²) in [4.78, 5) is 13.2. The highest BCUT2D eigenvalue weighted by atomic mass is 35.5. The van der Waals surface area contributed by atoms with E-state index in [1.807, 2.05) is 85.8 Å². The first-order chi connectivity index (χ1) is 17.1. The van der Waals surface area contributed by atoms with Crippen LogP contribution in [0.25, 0.3) is 0 Å². The normalized spacial score (nSPS) is 14.7. The number of hydrogen-bond acceptors (Lipinski definition) is 7. The smallest absolute Gasteiger partial charge is 0.338 e. The van der Waals surface area contributed by atoms with Gasteiger partial charge in [-0.05, 0) is 58.3 Å². The molecule has 176 valence electrons. The molecule has 0 saturated carbocycles. The number of rotatable bonds is 7. The number of anilines is 1. The summed E-state index contributed by atoms with van der Waals surface area (Å²) in [6.07, 6.45) is 0. The van der Waals surface area contributed by atoms with Gasteiger partial charge in [0.05, 0.1) is 5.57 Å². The van der Waals surface area contributed by atoms with E-state index in [9.17, 15) is 4.79 Å². The molecule has 1 aliphatic heterocycles. The number of carbonyl (C=O) groups is 1. The van der Waals surface area contributed by atoms with Crippen LogP contribution in [0.15, 0.2) is 90.1 Å². The monoisotopic (exact) mass is 487 g/mol. The van der Waals surface area contributed by atoms with E-state index in [1.54, 1.807) is 4.68 Å². The van der Waals surface area contributed by atoms with Crippen molar-refractivity contribution in [3.63, 3.8) is 0 Å². The van der Waals surface area contributed by atoms with Crippen LogP contribution in [0.4, 0.5) is 5.95 Å². The highest BCUT2D eigenvalue weighted by molar-refractivity contribution is 6.30. The molecule has 8 nitrogen and oxygen atoms in total. The van der Waals surface area contributed by atoms with Crippen LogP contribution in [0.5, 0.6) is 5.75 Å². The maximum absolute atomic E-state index is 13.2. The van der Waals surface area contributed by atoms with E-state index in [2.05, 4.69) is 20.8 Å². The lowest BCUT2D eigenvalue weighted by Crippen LogP contribution is -2.29. The van der Waals surface area contributed by atoms with Gasteiger partial charge in [-0.25, -0.2) is 4.79 Å². The van der Waals surface area contributed by atoms with Crippen molar-refractivity contribution in [3.8, 4) is 5.75 Å². The number of hydrogen-bond donors (Lipinski definition) is 1. The number of tetrazole rings is 1. The van der Waals surface area contributed by atoms with Crippen LogP contribution in [0.2, 0.25) is 5.02 Å². The highest BCUT2D eigenvalue weighted by Crippen LogP contribution is 2.35. The molecule has 0 bridgehead atoms. The van der Waals surface area contributed by atoms with Crippen molar-refractivity contribution in [2.75, 3.05) is 5.32 Å². The Morgan fingerprint density at radius 1 is 1.00 bits per heavy atom. The molecule has 1 aromatic heterocycles. The fourth-order valence-electron chi connectivity index (χ4n) is 3.93. The van der Waals surface area contributed by atoms with Gasteiger partial charge in [0.2, 0.25) is 5.95 Å². The number of carbonyl (C=O) groups excluding carboxylic acids is 1. The second kappa shape index (κ2) is 9.99. The minimum atomic E-state index is -0.550. The molecule has 1 unspecified atom stereocenters. The zero-order valence-corrected chi connectivity index (χ0v) is 19.6. The van der Waals surface area contributed by atoms with Crippen molar-refractivity contribution < 1.29 is 14.3 Å². The zero-order chi connectivity index (χ0) is 24.2. The maximum atomic E-state index is 13.2.